The van der Waals surface area contributed by atoms with Gasteiger partial charge in [0.25, 0.3) is 11.8 Å². The lowest BCUT2D eigenvalue weighted by atomic mass is 10.1. The number of nitrogens with one attached hydrogen (secondary N) is 3. The van der Waals surface area contributed by atoms with Crippen LogP contribution in [0.1, 0.15) is 23.2 Å². The molecule has 0 spiro atoms. The lowest BCUT2D eigenvalue weighted by molar-refractivity contribution is -0.149. The Morgan fingerprint density at radius 3 is 2.23 bits per heavy atom. The van der Waals surface area contributed by atoms with Gasteiger partial charge in [0, 0.05) is 23.1 Å². The summed E-state index contributed by atoms with van der Waals surface area (Å²) in [6.07, 6.45) is -0.269. The number of carbonyl (C=O) groups is 4. The van der Waals surface area contributed by atoms with Gasteiger partial charge in [-0.25, -0.2) is 0 Å². The number of hydrazine groups is 1. The third-order valence-electron chi connectivity index (χ3n) is 4.34. The van der Waals surface area contributed by atoms with Crippen LogP contribution in [0, 0.1) is 0 Å². The lowest BCUT2D eigenvalue weighted by Gasteiger charge is -2.09. The minimum absolute atomic E-state index is 0.0889. The van der Waals surface area contributed by atoms with Gasteiger partial charge >= 0.3 is 5.97 Å². The summed E-state index contributed by atoms with van der Waals surface area (Å²) < 4.78 is 4.83. The molecule has 3 amide bonds. The smallest absolute Gasteiger partial charge is 0.306 e. The van der Waals surface area contributed by atoms with Gasteiger partial charge in [0.05, 0.1) is 6.42 Å². The molecule has 0 saturated heterocycles. The molecule has 0 saturated carbocycles. The van der Waals surface area contributed by atoms with Crippen molar-refractivity contribution in [1.82, 2.24) is 10.9 Å². The molecule has 0 atom stereocenters. The van der Waals surface area contributed by atoms with Gasteiger partial charge < -0.3 is 10.1 Å². The first kappa shape index (κ1) is 21.5. The van der Waals surface area contributed by atoms with Crippen LogP contribution in [-0.4, -0.2) is 30.3 Å². The molecule has 31 heavy (non-hydrogen) atoms. The van der Waals surface area contributed by atoms with Crippen molar-refractivity contribution in [2.75, 3.05) is 11.9 Å². The predicted molar refractivity (Wildman–Crippen MR) is 115 cm³/mol. The number of esters is 1. The molecule has 3 aromatic carbocycles. The van der Waals surface area contributed by atoms with Gasteiger partial charge in [-0.2, -0.15) is 0 Å². The van der Waals surface area contributed by atoms with Crippen LogP contribution in [0.2, 0.25) is 0 Å². The molecule has 3 rings (SSSR count). The van der Waals surface area contributed by atoms with E-state index in [1.807, 2.05) is 36.4 Å². The van der Waals surface area contributed by atoms with Crippen LogP contribution in [0.25, 0.3) is 10.8 Å². The molecule has 0 aromatic heterocycles. The Hall–Kier alpha value is -4.20. The summed E-state index contributed by atoms with van der Waals surface area (Å²) in [6, 6.07) is 21.5. The Labute approximate surface area is 178 Å². The number of fused-ring (bicyclic) bond motifs is 1. The zero-order chi connectivity index (χ0) is 22.1. The van der Waals surface area contributed by atoms with Crippen molar-refractivity contribution in [3.05, 3.63) is 78.4 Å². The average Bonchev–Trinajstić information content (AvgIpc) is 2.80. The second-order valence-electron chi connectivity index (χ2n) is 6.60. The fourth-order valence-corrected chi connectivity index (χ4v) is 2.81. The number of anilines is 1. The molecule has 0 unspecified atom stereocenters. The largest absolute Gasteiger partial charge is 0.455 e. The highest BCUT2D eigenvalue weighted by molar-refractivity contribution is 6.02. The van der Waals surface area contributed by atoms with Gasteiger partial charge in [0.15, 0.2) is 6.61 Å². The van der Waals surface area contributed by atoms with Gasteiger partial charge in [-0.05, 0) is 23.6 Å². The van der Waals surface area contributed by atoms with E-state index in [-0.39, 0.29) is 18.7 Å². The molecule has 0 fully saturated rings. The van der Waals surface area contributed by atoms with E-state index in [1.165, 1.54) is 0 Å². The Morgan fingerprint density at radius 2 is 1.42 bits per heavy atom. The van der Waals surface area contributed by atoms with E-state index >= 15 is 0 Å². The van der Waals surface area contributed by atoms with E-state index in [9.17, 15) is 19.2 Å². The summed E-state index contributed by atoms with van der Waals surface area (Å²) in [6.45, 7) is -0.571. The Bertz CT molecular complexity index is 1090. The fourth-order valence-electron chi connectivity index (χ4n) is 2.81. The first-order valence-electron chi connectivity index (χ1n) is 9.60. The standard InChI is InChI=1S/C23H21N3O5/c27-20(24-19-12-6-10-16-7-4-5-11-18(16)19)13-14-22(29)31-15-21(28)25-26-23(30)17-8-2-1-3-9-17/h1-12H,13-15H2,(H,24,27)(H,25,28)(H,26,30). The Morgan fingerprint density at radius 1 is 0.710 bits per heavy atom. The molecule has 0 aliphatic rings. The second kappa shape index (κ2) is 10.5. The van der Waals surface area contributed by atoms with Crippen LogP contribution in [0.5, 0.6) is 0 Å². The number of carbonyl (C=O) groups excluding carboxylic acids is 4. The van der Waals surface area contributed by atoms with Gasteiger partial charge in [0.1, 0.15) is 0 Å². The molecule has 0 aliphatic heterocycles. The molecular formula is C23H21N3O5. The van der Waals surface area contributed by atoms with Crippen molar-refractivity contribution in [2.24, 2.45) is 0 Å². The second-order valence-corrected chi connectivity index (χ2v) is 6.60. The van der Waals surface area contributed by atoms with Crippen LogP contribution in [0.3, 0.4) is 0 Å². The SMILES string of the molecule is O=C(COC(=O)CCC(=O)Nc1cccc2ccccc12)NNC(=O)c1ccccc1. The maximum Gasteiger partial charge on any atom is 0.306 e. The van der Waals surface area contributed by atoms with Crippen molar-refractivity contribution in [3.8, 4) is 0 Å². The van der Waals surface area contributed by atoms with Crippen molar-refractivity contribution >= 4 is 40.2 Å². The summed E-state index contributed by atoms with van der Waals surface area (Å²) in [5.74, 6) is -2.23. The lowest BCUT2D eigenvalue weighted by Crippen LogP contribution is -2.43. The van der Waals surface area contributed by atoms with Gasteiger partial charge in [-0.15, -0.1) is 0 Å². The number of hydrogen-bond acceptors (Lipinski definition) is 5. The summed E-state index contributed by atoms with van der Waals surface area (Å²) in [7, 11) is 0. The summed E-state index contributed by atoms with van der Waals surface area (Å²) in [5, 5.41) is 4.67. The molecule has 8 nitrogen and oxygen atoms in total. The minimum atomic E-state index is -0.697. The van der Waals surface area contributed by atoms with Crippen molar-refractivity contribution in [1.29, 1.82) is 0 Å². The minimum Gasteiger partial charge on any atom is -0.455 e. The first-order chi connectivity index (χ1) is 15.0. The van der Waals surface area contributed by atoms with Gasteiger partial charge in [-0.1, -0.05) is 54.6 Å². The topological polar surface area (TPSA) is 114 Å². The van der Waals surface area contributed by atoms with E-state index in [0.29, 0.717) is 11.3 Å². The van der Waals surface area contributed by atoms with Crippen LogP contribution >= 0.6 is 0 Å². The van der Waals surface area contributed by atoms with Crippen LogP contribution in [-0.2, 0) is 19.1 Å². The molecule has 0 bridgehead atoms. The molecule has 0 heterocycles. The zero-order valence-electron chi connectivity index (χ0n) is 16.6. The van der Waals surface area contributed by atoms with Crippen molar-refractivity contribution < 1.29 is 23.9 Å². The number of benzene rings is 3. The zero-order valence-corrected chi connectivity index (χ0v) is 16.6. The molecule has 3 aromatic rings. The maximum absolute atomic E-state index is 12.2. The van der Waals surface area contributed by atoms with Crippen LogP contribution < -0.4 is 16.2 Å². The molecule has 0 radical (unpaired) electrons. The third-order valence-corrected chi connectivity index (χ3v) is 4.34. The van der Waals surface area contributed by atoms with E-state index < -0.39 is 24.4 Å². The monoisotopic (exact) mass is 419 g/mol. The normalized spacial score (nSPS) is 10.2. The average molecular weight is 419 g/mol. The number of ether oxygens (including phenoxy) is 1. The molecular weight excluding hydrogens is 398 g/mol. The van der Waals surface area contributed by atoms with Crippen molar-refractivity contribution in [3.63, 3.8) is 0 Å². The maximum atomic E-state index is 12.2. The predicted octanol–water partition coefficient (Wildman–Crippen LogP) is 2.56. The first-order valence-corrected chi connectivity index (χ1v) is 9.60. The number of rotatable bonds is 7. The van der Waals surface area contributed by atoms with Crippen LogP contribution in [0.4, 0.5) is 5.69 Å². The Balaban J connectivity index is 1.37. The van der Waals surface area contributed by atoms with Crippen LogP contribution in [0.15, 0.2) is 72.8 Å². The highest BCUT2D eigenvalue weighted by atomic mass is 16.5. The highest BCUT2D eigenvalue weighted by Gasteiger charge is 2.12. The molecule has 3 N–H and O–H groups in total. The molecule has 8 heteroatoms. The van der Waals surface area contributed by atoms with Crippen molar-refractivity contribution in [2.45, 2.75) is 12.8 Å². The fraction of sp³-hybridized carbons (Fsp3) is 0.130. The summed E-state index contributed by atoms with van der Waals surface area (Å²) >= 11 is 0. The van der Waals surface area contributed by atoms with Gasteiger partial charge in [0.2, 0.25) is 5.91 Å². The van der Waals surface area contributed by atoms with Gasteiger partial charge in [-0.3, -0.25) is 30.0 Å². The number of amides is 3. The quantitative estimate of drug-likeness (QED) is 0.402. The molecule has 0 aliphatic carbocycles. The van der Waals surface area contributed by atoms with E-state index in [0.717, 1.165) is 10.8 Å². The number of hydrogen-bond donors (Lipinski definition) is 3. The summed E-state index contributed by atoms with van der Waals surface area (Å²) in [5.41, 5.74) is 5.41. The third kappa shape index (κ3) is 6.40. The molecule has 158 valence electrons. The summed E-state index contributed by atoms with van der Waals surface area (Å²) in [4.78, 5) is 47.5. The van der Waals surface area contributed by atoms with E-state index in [1.54, 1.807) is 36.4 Å². The Kier molecular flexibility index (Phi) is 7.31. The van der Waals surface area contributed by atoms with E-state index in [4.69, 9.17) is 4.74 Å². The highest BCUT2D eigenvalue weighted by Crippen LogP contribution is 2.23. The van der Waals surface area contributed by atoms with E-state index in [2.05, 4.69) is 16.2 Å².